The SMILES string of the molecule is CC(C)CNC(=O)c1c[nH]c(=O)n(Cc2ccc3c(c2)OCO3)c1=O. The Morgan fingerprint density at radius 3 is 2.80 bits per heavy atom. The zero-order valence-corrected chi connectivity index (χ0v) is 14.0. The number of hydrogen-bond donors (Lipinski definition) is 2. The molecule has 0 spiro atoms. The zero-order valence-electron chi connectivity index (χ0n) is 14.0. The first-order valence-electron chi connectivity index (χ1n) is 7.95. The summed E-state index contributed by atoms with van der Waals surface area (Å²) in [6, 6.07) is 5.17. The fraction of sp³-hybridized carbons (Fsp3) is 0.353. The number of nitrogens with one attached hydrogen (secondary N) is 2. The molecule has 1 amide bonds. The first-order valence-corrected chi connectivity index (χ1v) is 7.95. The van der Waals surface area contributed by atoms with Crippen LogP contribution in [0.3, 0.4) is 0 Å². The average molecular weight is 345 g/mol. The lowest BCUT2D eigenvalue weighted by Crippen LogP contribution is -2.41. The lowest BCUT2D eigenvalue weighted by atomic mass is 10.2. The third-order valence-electron chi connectivity index (χ3n) is 3.75. The van der Waals surface area contributed by atoms with Crippen LogP contribution in [0.15, 0.2) is 34.0 Å². The third-order valence-corrected chi connectivity index (χ3v) is 3.75. The molecule has 8 heteroatoms. The van der Waals surface area contributed by atoms with Crippen LogP contribution in [0.25, 0.3) is 0 Å². The van der Waals surface area contributed by atoms with Gasteiger partial charge < -0.3 is 19.8 Å². The Labute approximate surface area is 143 Å². The van der Waals surface area contributed by atoms with Crippen molar-refractivity contribution in [2.24, 2.45) is 5.92 Å². The van der Waals surface area contributed by atoms with Crippen molar-refractivity contribution in [2.45, 2.75) is 20.4 Å². The van der Waals surface area contributed by atoms with Crippen LogP contribution in [0.5, 0.6) is 11.5 Å². The molecule has 0 bridgehead atoms. The van der Waals surface area contributed by atoms with Gasteiger partial charge in [0.25, 0.3) is 11.5 Å². The van der Waals surface area contributed by atoms with Crippen molar-refractivity contribution in [2.75, 3.05) is 13.3 Å². The van der Waals surface area contributed by atoms with Crippen LogP contribution >= 0.6 is 0 Å². The Morgan fingerprint density at radius 1 is 1.28 bits per heavy atom. The van der Waals surface area contributed by atoms with Gasteiger partial charge in [0.1, 0.15) is 5.56 Å². The Morgan fingerprint density at radius 2 is 2.04 bits per heavy atom. The first kappa shape index (κ1) is 16.8. The van der Waals surface area contributed by atoms with E-state index >= 15 is 0 Å². The maximum Gasteiger partial charge on any atom is 0.328 e. The Balaban J connectivity index is 1.89. The number of fused-ring (bicyclic) bond motifs is 1. The number of ether oxygens (including phenoxy) is 2. The number of carbonyl (C=O) groups is 1. The predicted molar refractivity (Wildman–Crippen MR) is 90.2 cm³/mol. The largest absolute Gasteiger partial charge is 0.454 e. The highest BCUT2D eigenvalue weighted by molar-refractivity contribution is 5.93. The van der Waals surface area contributed by atoms with E-state index in [-0.39, 0.29) is 24.8 Å². The summed E-state index contributed by atoms with van der Waals surface area (Å²) in [5.74, 6) is 0.927. The molecule has 0 fully saturated rings. The normalized spacial score (nSPS) is 12.4. The van der Waals surface area contributed by atoms with Crippen LogP contribution in [-0.2, 0) is 6.54 Å². The van der Waals surface area contributed by atoms with Crippen LogP contribution in [0.1, 0.15) is 29.8 Å². The van der Waals surface area contributed by atoms with Gasteiger partial charge in [-0.2, -0.15) is 0 Å². The number of rotatable bonds is 5. The monoisotopic (exact) mass is 345 g/mol. The van der Waals surface area contributed by atoms with Gasteiger partial charge in [0.2, 0.25) is 6.79 Å². The van der Waals surface area contributed by atoms with E-state index < -0.39 is 17.2 Å². The van der Waals surface area contributed by atoms with Gasteiger partial charge in [0.05, 0.1) is 6.54 Å². The van der Waals surface area contributed by atoms with Gasteiger partial charge in [-0.1, -0.05) is 19.9 Å². The molecule has 0 radical (unpaired) electrons. The molecular weight excluding hydrogens is 326 g/mol. The van der Waals surface area contributed by atoms with Gasteiger partial charge in [-0.3, -0.25) is 14.2 Å². The molecule has 0 unspecified atom stereocenters. The number of aromatic nitrogens is 2. The molecule has 132 valence electrons. The van der Waals surface area contributed by atoms with E-state index in [9.17, 15) is 14.4 Å². The Kier molecular flexibility index (Phi) is 4.60. The minimum atomic E-state index is -0.636. The minimum absolute atomic E-state index is 0.0239. The Bertz CT molecular complexity index is 913. The quantitative estimate of drug-likeness (QED) is 0.830. The van der Waals surface area contributed by atoms with Crippen molar-refractivity contribution in [3.05, 3.63) is 56.4 Å². The van der Waals surface area contributed by atoms with Crippen LogP contribution in [-0.4, -0.2) is 28.8 Å². The highest BCUT2D eigenvalue weighted by Crippen LogP contribution is 2.32. The number of hydrogen-bond acceptors (Lipinski definition) is 5. The fourth-order valence-corrected chi connectivity index (χ4v) is 2.43. The standard InChI is InChI=1S/C17H19N3O5/c1-10(2)6-18-15(21)12-7-19-17(23)20(16(12)22)8-11-3-4-13-14(5-11)25-9-24-13/h3-5,7,10H,6,8-9H2,1-2H3,(H,18,21)(H,19,23). The van der Waals surface area contributed by atoms with Crippen molar-refractivity contribution >= 4 is 5.91 Å². The van der Waals surface area contributed by atoms with Crippen molar-refractivity contribution in [1.29, 1.82) is 0 Å². The molecule has 2 N–H and O–H groups in total. The van der Waals surface area contributed by atoms with E-state index in [0.29, 0.717) is 23.6 Å². The van der Waals surface area contributed by atoms with E-state index in [1.807, 2.05) is 13.8 Å². The van der Waals surface area contributed by atoms with Crippen LogP contribution in [0.2, 0.25) is 0 Å². The van der Waals surface area contributed by atoms with E-state index in [0.717, 1.165) is 10.8 Å². The van der Waals surface area contributed by atoms with E-state index in [1.165, 1.54) is 0 Å². The van der Waals surface area contributed by atoms with Crippen molar-refractivity contribution in [3.8, 4) is 11.5 Å². The van der Waals surface area contributed by atoms with Gasteiger partial charge in [0, 0.05) is 12.7 Å². The summed E-state index contributed by atoms with van der Waals surface area (Å²) in [6.07, 6.45) is 1.15. The smallest absolute Gasteiger partial charge is 0.328 e. The van der Waals surface area contributed by atoms with Crippen LogP contribution in [0.4, 0.5) is 0 Å². The molecule has 0 atom stereocenters. The van der Waals surface area contributed by atoms with Gasteiger partial charge in [0.15, 0.2) is 11.5 Å². The predicted octanol–water partition coefficient (Wildman–Crippen LogP) is 0.699. The molecule has 2 heterocycles. The topological polar surface area (TPSA) is 102 Å². The summed E-state index contributed by atoms with van der Waals surface area (Å²) < 4.78 is 11.5. The third kappa shape index (κ3) is 3.57. The van der Waals surface area contributed by atoms with E-state index in [1.54, 1.807) is 18.2 Å². The van der Waals surface area contributed by atoms with Gasteiger partial charge >= 0.3 is 5.69 Å². The summed E-state index contributed by atoms with van der Waals surface area (Å²) in [7, 11) is 0. The molecule has 1 aromatic carbocycles. The first-order chi connectivity index (χ1) is 12.0. The Hall–Kier alpha value is -3.03. The number of H-pyrrole nitrogens is 1. The fourth-order valence-electron chi connectivity index (χ4n) is 2.43. The molecule has 0 aliphatic carbocycles. The van der Waals surface area contributed by atoms with E-state index in [4.69, 9.17) is 9.47 Å². The second kappa shape index (κ2) is 6.84. The van der Waals surface area contributed by atoms with Gasteiger partial charge in [-0.05, 0) is 23.6 Å². The second-order valence-electron chi connectivity index (χ2n) is 6.19. The highest BCUT2D eigenvalue weighted by Gasteiger charge is 2.17. The molecule has 1 aliphatic heterocycles. The molecule has 25 heavy (non-hydrogen) atoms. The number of carbonyl (C=O) groups excluding carboxylic acids is 1. The van der Waals surface area contributed by atoms with E-state index in [2.05, 4.69) is 10.3 Å². The maximum absolute atomic E-state index is 12.5. The summed E-state index contributed by atoms with van der Waals surface area (Å²) in [6.45, 7) is 4.51. The van der Waals surface area contributed by atoms with Gasteiger partial charge in [-0.15, -0.1) is 0 Å². The van der Waals surface area contributed by atoms with Gasteiger partial charge in [-0.25, -0.2) is 4.79 Å². The van der Waals surface area contributed by atoms with Crippen molar-refractivity contribution < 1.29 is 14.3 Å². The van der Waals surface area contributed by atoms with Crippen molar-refractivity contribution in [1.82, 2.24) is 14.9 Å². The number of amides is 1. The molecule has 0 saturated carbocycles. The highest BCUT2D eigenvalue weighted by atomic mass is 16.7. The molecule has 0 saturated heterocycles. The lowest BCUT2D eigenvalue weighted by Gasteiger charge is -2.09. The molecule has 2 aromatic rings. The number of benzene rings is 1. The summed E-state index contributed by atoms with van der Waals surface area (Å²) in [4.78, 5) is 39.2. The zero-order chi connectivity index (χ0) is 18.0. The summed E-state index contributed by atoms with van der Waals surface area (Å²) >= 11 is 0. The number of aromatic amines is 1. The lowest BCUT2D eigenvalue weighted by molar-refractivity contribution is 0.0946. The minimum Gasteiger partial charge on any atom is -0.454 e. The molecule has 1 aliphatic rings. The molecular formula is C17H19N3O5. The summed E-state index contributed by atoms with van der Waals surface area (Å²) in [5, 5.41) is 2.67. The average Bonchev–Trinajstić information content (AvgIpc) is 3.04. The maximum atomic E-state index is 12.5. The summed E-state index contributed by atoms with van der Waals surface area (Å²) in [5.41, 5.74) is -0.622. The van der Waals surface area contributed by atoms with Crippen molar-refractivity contribution in [3.63, 3.8) is 0 Å². The molecule has 1 aromatic heterocycles. The second-order valence-corrected chi connectivity index (χ2v) is 6.19. The molecule has 8 nitrogen and oxygen atoms in total. The number of nitrogens with zero attached hydrogens (tertiary/aromatic N) is 1. The molecule has 3 rings (SSSR count). The van der Waals surface area contributed by atoms with Crippen LogP contribution < -0.4 is 26.0 Å². The van der Waals surface area contributed by atoms with Crippen LogP contribution in [0, 0.1) is 5.92 Å².